The van der Waals surface area contributed by atoms with Crippen LogP contribution in [0.4, 0.5) is 5.69 Å². The number of aryl methyl sites for hydroxylation is 1. The zero-order valence-corrected chi connectivity index (χ0v) is 20.4. The largest absolute Gasteiger partial charge is 0.351 e. The van der Waals surface area contributed by atoms with Crippen molar-refractivity contribution in [3.8, 4) is 11.4 Å². The summed E-state index contributed by atoms with van der Waals surface area (Å²) < 4.78 is 5.83. The third kappa shape index (κ3) is 4.22. The maximum Gasteiger partial charge on any atom is 0.258 e. The SMILES string of the molecule is CCc1ccc(-c2noc(C3=C(C)N(c4ccccc4)C(=S)NC3c3cccc(Cl)c3)n2)cc1. The van der Waals surface area contributed by atoms with Gasteiger partial charge in [-0.15, -0.1) is 0 Å². The molecule has 0 saturated heterocycles. The number of hydrogen-bond donors (Lipinski definition) is 1. The Balaban J connectivity index is 1.63. The second-order valence-corrected chi connectivity index (χ2v) is 8.90. The van der Waals surface area contributed by atoms with Gasteiger partial charge in [0.25, 0.3) is 5.89 Å². The molecule has 1 aliphatic heterocycles. The van der Waals surface area contributed by atoms with Crippen molar-refractivity contribution in [1.29, 1.82) is 0 Å². The number of anilines is 1. The minimum atomic E-state index is -0.290. The van der Waals surface area contributed by atoms with Gasteiger partial charge < -0.3 is 9.84 Å². The minimum absolute atomic E-state index is 0.290. The van der Waals surface area contributed by atoms with Gasteiger partial charge in [0.1, 0.15) is 0 Å². The van der Waals surface area contributed by atoms with Crippen LogP contribution < -0.4 is 10.2 Å². The Morgan fingerprint density at radius 3 is 2.50 bits per heavy atom. The molecular formula is C27H23ClN4OS. The van der Waals surface area contributed by atoms with Crippen molar-refractivity contribution in [1.82, 2.24) is 15.5 Å². The second kappa shape index (κ2) is 9.41. The van der Waals surface area contributed by atoms with Gasteiger partial charge >= 0.3 is 0 Å². The third-order valence-corrected chi connectivity index (χ3v) is 6.49. The quantitative estimate of drug-likeness (QED) is 0.312. The molecular weight excluding hydrogens is 464 g/mol. The van der Waals surface area contributed by atoms with Crippen molar-refractivity contribution in [2.24, 2.45) is 0 Å². The highest BCUT2D eigenvalue weighted by Gasteiger charge is 2.34. The van der Waals surface area contributed by atoms with Crippen LogP contribution in [0.2, 0.25) is 5.02 Å². The van der Waals surface area contributed by atoms with E-state index in [2.05, 4.69) is 29.5 Å². The van der Waals surface area contributed by atoms with E-state index in [1.807, 2.05) is 78.6 Å². The van der Waals surface area contributed by atoms with Crippen molar-refractivity contribution in [3.63, 3.8) is 0 Å². The summed E-state index contributed by atoms with van der Waals surface area (Å²) in [5, 5.41) is 8.99. The molecule has 0 aliphatic carbocycles. The molecule has 0 amide bonds. The van der Waals surface area contributed by atoms with E-state index < -0.39 is 0 Å². The van der Waals surface area contributed by atoms with Crippen molar-refractivity contribution < 1.29 is 4.52 Å². The van der Waals surface area contributed by atoms with Crippen LogP contribution in [0.15, 0.2) is 89.1 Å². The van der Waals surface area contributed by atoms with E-state index in [9.17, 15) is 0 Å². The van der Waals surface area contributed by atoms with Crippen LogP contribution in [-0.2, 0) is 6.42 Å². The van der Waals surface area contributed by atoms with Crippen LogP contribution in [-0.4, -0.2) is 15.3 Å². The molecule has 34 heavy (non-hydrogen) atoms. The highest BCUT2D eigenvalue weighted by molar-refractivity contribution is 7.80. The van der Waals surface area contributed by atoms with Gasteiger partial charge in [-0.2, -0.15) is 4.98 Å². The van der Waals surface area contributed by atoms with E-state index in [0.717, 1.165) is 34.5 Å². The monoisotopic (exact) mass is 486 g/mol. The molecule has 1 aliphatic rings. The molecule has 1 N–H and O–H groups in total. The van der Waals surface area contributed by atoms with E-state index in [-0.39, 0.29) is 6.04 Å². The molecule has 0 radical (unpaired) electrons. The minimum Gasteiger partial charge on any atom is -0.351 e. The summed E-state index contributed by atoms with van der Waals surface area (Å²) in [6.45, 7) is 4.15. The number of halogens is 1. The van der Waals surface area contributed by atoms with E-state index in [1.54, 1.807) is 0 Å². The summed E-state index contributed by atoms with van der Waals surface area (Å²) in [5.41, 5.74) is 5.85. The predicted octanol–water partition coefficient (Wildman–Crippen LogP) is 6.82. The van der Waals surface area contributed by atoms with E-state index in [4.69, 9.17) is 33.3 Å². The number of allylic oxidation sites excluding steroid dienone is 1. The Kier molecular flexibility index (Phi) is 6.18. The normalized spacial score (nSPS) is 16.0. The van der Waals surface area contributed by atoms with Gasteiger partial charge in [0.05, 0.1) is 11.6 Å². The number of para-hydroxylation sites is 1. The third-order valence-electron chi connectivity index (χ3n) is 5.96. The van der Waals surface area contributed by atoms with E-state index in [0.29, 0.717) is 21.9 Å². The van der Waals surface area contributed by atoms with Crippen molar-refractivity contribution in [3.05, 3.63) is 107 Å². The lowest BCUT2D eigenvalue weighted by atomic mass is 9.94. The van der Waals surface area contributed by atoms with Crippen LogP contribution in [0.1, 0.15) is 36.9 Å². The van der Waals surface area contributed by atoms with E-state index in [1.165, 1.54) is 5.56 Å². The molecule has 0 fully saturated rings. The Labute approximate surface area is 209 Å². The lowest BCUT2D eigenvalue weighted by molar-refractivity contribution is 0.404. The number of thiocarbonyl (C=S) groups is 1. The average Bonchev–Trinajstić information content (AvgIpc) is 3.34. The van der Waals surface area contributed by atoms with Gasteiger partial charge in [-0.1, -0.05) is 78.3 Å². The van der Waals surface area contributed by atoms with Gasteiger partial charge in [-0.25, -0.2) is 0 Å². The van der Waals surface area contributed by atoms with Gasteiger partial charge in [0.15, 0.2) is 5.11 Å². The summed E-state index contributed by atoms with van der Waals surface area (Å²) in [7, 11) is 0. The molecule has 0 spiro atoms. The zero-order valence-electron chi connectivity index (χ0n) is 18.8. The summed E-state index contributed by atoms with van der Waals surface area (Å²) in [5.74, 6) is 0.982. The number of nitrogens with one attached hydrogen (secondary N) is 1. The fourth-order valence-corrected chi connectivity index (χ4v) is 4.74. The lowest BCUT2D eigenvalue weighted by Gasteiger charge is -2.37. The van der Waals surface area contributed by atoms with Crippen LogP contribution in [0.3, 0.4) is 0 Å². The molecule has 0 bridgehead atoms. The van der Waals surface area contributed by atoms with Crippen molar-refractivity contribution in [2.45, 2.75) is 26.3 Å². The fourth-order valence-electron chi connectivity index (χ4n) is 4.18. The predicted molar refractivity (Wildman–Crippen MR) is 141 cm³/mol. The molecule has 4 aromatic rings. The van der Waals surface area contributed by atoms with Gasteiger partial charge in [0.2, 0.25) is 5.82 Å². The van der Waals surface area contributed by atoms with Crippen LogP contribution in [0, 0.1) is 0 Å². The summed E-state index contributed by atoms with van der Waals surface area (Å²) >= 11 is 12.1. The molecule has 7 heteroatoms. The second-order valence-electron chi connectivity index (χ2n) is 8.08. The fraction of sp³-hybridized carbons (Fsp3) is 0.148. The maximum atomic E-state index is 6.33. The lowest BCUT2D eigenvalue weighted by Crippen LogP contribution is -2.46. The van der Waals surface area contributed by atoms with Crippen LogP contribution in [0.25, 0.3) is 17.0 Å². The van der Waals surface area contributed by atoms with Gasteiger partial charge in [-0.3, -0.25) is 4.90 Å². The van der Waals surface area contributed by atoms with E-state index >= 15 is 0 Å². The Morgan fingerprint density at radius 1 is 1.03 bits per heavy atom. The molecule has 0 saturated carbocycles. The molecule has 1 atom stereocenters. The Morgan fingerprint density at radius 2 is 1.79 bits per heavy atom. The highest BCUT2D eigenvalue weighted by atomic mass is 35.5. The van der Waals surface area contributed by atoms with Gasteiger partial charge in [-0.05, 0) is 61.0 Å². The number of benzene rings is 3. The topological polar surface area (TPSA) is 54.2 Å². The molecule has 1 unspecified atom stereocenters. The molecule has 5 nitrogen and oxygen atoms in total. The van der Waals surface area contributed by atoms with Crippen LogP contribution in [0.5, 0.6) is 0 Å². The summed E-state index contributed by atoms with van der Waals surface area (Å²) in [6.07, 6.45) is 0.978. The van der Waals surface area contributed by atoms with Gasteiger partial charge in [0, 0.05) is 22.0 Å². The standard InChI is InChI=1S/C27H23ClN4OS/c1-3-18-12-14-19(15-13-18)25-30-26(33-31-25)23-17(2)32(22-10-5-4-6-11-22)27(34)29-24(23)20-8-7-9-21(28)16-20/h4-16,24H,3H2,1-2H3,(H,29,34). The zero-order chi connectivity index (χ0) is 23.7. The number of nitrogens with zero attached hydrogens (tertiary/aromatic N) is 3. The first-order valence-corrected chi connectivity index (χ1v) is 11.9. The molecule has 5 rings (SSSR count). The Bertz CT molecular complexity index is 1360. The number of rotatable bonds is 5. The van der Waals surface area contributed by atoms with Crippen molar-refractivity contribution in [2.75, 3.05) is 4.90 Å². The number of aromatic nitrogens is 2. The highest BCUT2D eigenvalue weighted by Crippen LogP contribution is 2.39. The summed E-state index contributed by atoms with van der Waals surface area (Å²) in [4.78, 5) is 6.77. The van der Waals surface area contributed by atoms with Crippen molar-refractivity contribution >= 4 is 40.2 Å². The molecule has 3 aromatic carbocycles. The Hall–Kier alpha value is -3.48. The first-order chi connectivity index (χ1) is 16.5. The molecule has 170 valence electrons. The van der Waals surface area contributed by atoms with Crippen LogP contribution >= 0.6 is 23.8 Å². The molecule has 1 aromatic heterocycles. The number of hydrogen-bond acceptors (Lipinski definition) is 4. The average molecular weight is 487 g/mol. The maximum absolute atomic E-state index is 6.33. The molecule has 2 heterocycles. The summed E-state index contributed by atoms with van der Waals surface area (Å²) in [6, 6.07) is 25.6. The smallest absolute Gasteiger partial charge is 0.258 e. The first kappa shape index (κ1) is 22.3. The first-order valence-electron chi connectivity index (χ1n) is 11.1.